The van der Waals surface area contributed by atoms with Gasteiger partial charge in [-0.05, 0) is 54.4 Å². The Bertz CT molecular complexity index is 1280. The Labute approximate surface area is 206 Å². The number of ether oxygens (including phenoxy) is 1. The molecule has 0 bridgehead atoms. The van der Waals surface area contributed by atoms with Crippen molar-refractivity contribution in [1.29, 1.82) is 0 Å². The van der Waals surface area contributed by atoms with Crippen molar-refractivity contribution in [3.05, 3.63) is 94.6 Å². The molecule has 1 atom stereocenters. The first kappa shape index (κ1) is 23.8. The van der Waals surface area contributed by atoms with Crippen LogP contribution >= 0.6 is 23.4 Å². The van der Waals surface area contributed by atoms with Crippen molar-refractivity contribution in [2.75, 3.05) is 6.61 Å². The summed E-state index contributed by atoms with van der Waals surface area (Å²) in [7, 11) is 0. The maximum absolute atomic E-state index is 12.8. The Balaban J connectivity index is 1.39. The molecule has 0 aliphatic rings. The molecule has 1 unspecified atom stereocenters. The molecule has 1 N–H and O–H groups in total. The van der Waals surface area contributed by atoms with Gasteiger partial charge in [0.1, 0.15) is 6.04 Å². The van der Waals surface area contributed by atoms with Crippen molar-refractivity contribution in [3.8, 4) is 0 Å². The molecule has 174 valence electrons. The van der Waals surface area contributed by atoms with Gasteiger partial charge in [0.15, 0.2) is 10.8 Å². The summed E-state index contributed by atoms with van der Waals surface area (Å²) in [6.45, 7) is 1.97. The number of hydrogen-bond acceptors (Lipinski definition) is 6. The summed E-state index contributed by atoms with van der Waals surface area (Å²) in [4.78, 5) is 25.3. The van der Waals surface area contributed by atoms with Gasteiger partial charge in [-0.25, -0.2) is 4.79 Å². The Morgan fingerprint density at radius 1 is 1.03 bits per heavy atom. The van der Waals surface area contributed by atoms with Crippen LogP contribution in [-0.2, 0) is 21.7 Å². The van der Waals surface area contributed by atoms with Crippen LogP contribution < -0.4 is 5.32 Å². The number of thioether (sulfide) groups is 1. The van der Waals surface area contributed by atoms with E-state index >= 15 is 0 Å². The first-order valence-electron chi connectivity index (χ1n) is 10.8. The van der Waals surface area contributed by atoms with Crippen LogP contribution in [0.3, 0.4) is 0 Å². The largest absolute Gasteiger partial charge is 0.464 e. The Kier molecular flexibility index (Phi) is 7.82. The van der Waals surface area contributed by atoms with E-state index in [1.807, 2.05) is 53.1 Å². The second-order valence-electron chi connectivity index (χ2n) is 7.51. The van der Waals surface area contributed by atoms with Crippen molar-refractivity contribution in [2.24, 2.45) is 0 Å². The van der Waals surface area contributed by atoms with E-state index in [4.69, 9.17) is 16.3 Å². The van der Waals surface area contributed by atoms with Crippen LogP contribution in [0.25, 0.3) is 5.65 Å². The molecule has 1 amide bonds. The van der Waals surface area contributed by atoms with Crippen LogP contribution in [0, 0.1) is 0 Å². The van der Waals surface area contributed by atoms with Crippen LogP contribution in [0.4, 0.5) is 0 Å². The Hall–Kier alpha value is -3.36. The van der Waals surface area contributed by atoms with Crippen LogP contribution in [0.5, 0.6) is 0 Å². The number of esters is 1. The van der Waals surface area contributed by atoms with Crippen LogP contribution in [-0.4, -0.2) is 39.1 Å². The number of carbonyl (C=O) groups excluding carboxylic acids is 2. The van der Waals surface area contributed by atoms with Crippen molar-refractivity contribution in [3.63, 3.8) is 0 Å². The van der Waals surface area contributed by atoms with Gasteiger partial charge >= 0.3 is 5.97 Å². The van der Waals surface area contributed by atoms with E-state index in [0.29, 0.717) is 22.8 Å². The van der Waals surface area contributed by atoms with Crippen LogP contribution in [0.15, 0.2) is 78.1 Å². The fraction of sp³-hybridized carbons (Fsp3) is 0.200. The number of rotatable bonds is 9. The minimum atomic E-state index is -0.801. The van der Waals surface area contributed by atoms with Gasteiger partial charge in [-0.1, -0.05) is 53.7 Å². The summed E-state index contributed by atoms with van der Waals surface area (Å²) in [5, 5.41) is 12.6. The Morgan fingerprint density at radius 3 is 2.50 bits per heavy atom. The molecule has 0 aliphatic heterocycles. The second kappa shape index (κ2) is 11.2. The summed E-state index contributed by atoms with van der Waals surface area (Å²) in [6.07, 6.45) is 2.23. The van der Waals surface area contributed by atoms with Crippen molar-refractivity contribution < 1.29 is 14.3 Å². The second-order valence-corrected chi connectivity index (χ2v) is 8.88. The van der Waals surface area contributed by atoms with Gasteiger partial charge in [0.05, 0.1) is 6.61 Å². The lowest BCUT2D eigenvalue weighted by atomic mass is 10.1. The molecular formula is C25H23ClN4O3S. The number of amides is 1. The van der Waals surface area contributed by atoms with E-state index < -0.39 is 12.0 Å². The van der Waals surface area contributed by atoms with Crippen LogP contribution in [0.2, 0.25) is 5.02 Å². The molecule has 2 heterocycles. The zero-order valence-corrected chi connectivity index (χ0v) is 20.1. The average molecular weight is 495 g/mol. The highest BCUT2D eigenvalue weighted by Gasteiger charge is 2.23. The molecule has 4 rings (SSSR count). The first-order chi connectivity index (χ1) is 16.5. The predicted molar refractivity (Wildman–Crippen MR) is 132 cm³/mol. The third-order valence-electron chi connectivity index (χ3n) is 5.10. The van der Waals surface area contributed by atoms with Gasteiger partial charge < -0.3 is 10.1 Å². The van der Waals surface area contributed by atoms with Crippen LogP contribution in [0.1, 0.15) is 28.4 Å². The summed E-state index contributed by atoms with van der Waals surface area (Å²) in [5.74, 6) is -0.131. The maximum Gasteiger partial charge on any atom is 0.328 e. The number of pyridine rings is 1. The number of nitrogens with zero attached hydrogens (tertiary/aromatic N) is 3. The van der Waals surface area contributed by atoms with Gasteiger partial charge in [-0.3, -0.25) is 9.20 Å². The zero-order valence-electron chi connectivity index (χ0n) is 18.5. The van der Waals surface area contributed by atoms with Gasteiger partial charge in [-0.2, -0.15) is 0 Å². The monoisotopic (exact) mass is 494 g/mol. The maximum atomic E-state index is 12.8. The molecular weight excluding hydrogens is 472 g/mol. The quantitative estimate of drug-likeness (QED) is 0.271. The SMILES string of the molecule is CCOC(=O)C(Cc1ccc(Cl)cc1)NC(=O)c1ccc(CSc2nnc3ccccn23)cc1. The molecule has 2 aromatic heterocycles. The summed E-state index contributed by atoms with van der Waals surface area (Å²) >= 11 is 7.51. The lowest BCUT2D eigenvalue weighted by molar-refractivity contribution is -0.145. The minimum absolute atomic E-state index is 0.236. The summed E-state index contributed by atoms with van der Waals surface area (Å²) < 4.78 is 7.09. The van der Waals surface area contributed by atoms with Crippen molar-refractivity contribution >= 4 is 40.9 Å². The number of aromatic nitrogens is 3. The molecule has 0 saturated heterocycles. The average Bonchev–Trinajstić information content (AvgIpc) is 3.27. The molecule has 0 radical (unpaired) electrons. The molecule has 2 aromatic carbocycles. The third-order valence-corrected chi connectivity index (χ3v) is 6.36. The van der Waals surface area contributed by atoms with E-state index in [-0.39, 0.29) is 12.5 Å². The van der Waals surface area contributed by atoms with Crippen molar-refractivity contribution in [1.82, 2.24) is 19.9 Å². The zero-order chi connectivity index (χ0) is 23.9. The molecule has 34 heavy (non-hydrogen) atoms. The number of benzene rings is 2. The minimum Gasteiger partial charge on any atom is -0.464 e. The lowest BCUT2D eigenvalue weighted by Gasteiger charge is -2.17. The standard InChI is InChI=1S/C25H23ClN4O3S/c1-2-33-24(32)21(15-17-8-12-20(26)13-9-17)27-23(31)19-10-6-18(7-11-19)16-34-25-29-28-22-5-3-4-14-30(22)25/h3-14,21H,2,15-16H2,1H3,(H,27,31). The van der Waals surface area contributed by atoms with Gasteiger partial charge in [0.25, 0.3) is 5.91 Å². The molecule has 4 aromatic rings. The van der Waals surface area contributed by atoms with Gasteiger partial charge in [-0.15, -0.1) is 10.2 Å². The van der Waals surface area contributed by atoms with Gasteiger partial charge in [0, 0.05) is 29.0 Å². The number of halogens is 1. The molecule has 0 fully saturated rings. The normalized spacial score (nSPS) is 11.8. The van der Waals surface area contributed by atoms with E-state index in [9.17, 15) is 9.59 Å². The van der Waals surface area contributed by atoms with E-state index in [1.54, 1.807) is 43.0 Å². The van der Waals surface area contributed by atoms with Crippen molar-refractivity contribution in [2.45, 2.75) is 30.3 Å². The number of nitrogens with one attached hydrogen (secondary N) is 1. The fourth-order valence-electron chi connectivity index (χ4n) is 3.35. The highest BCUT2D eigenvalue weighted by Crippen LogP contribution is 2.22. The third kappa shape index (κ3) is 5.95. The number of hydrogen-bond donors (Lipinski definition) is 1. The first-order valence-corrected chi connectivity index (χ1v) is 12.1. The highest BCUT2D eigenvalue weighted by atomic mass is 35.5. The Morgan fingerprint density at radius 2 is 1.76 bits per heavy atom. The highest BCUT2D eigenvalue weighted by molar-refractivity contribution is 7.98. The molecule has 7 nitrogen and oxygen atoms in total. The topological polar surface area (TPSA) is 85.6 Å². The molecule has 9 heteroatoms. The number of carbonyl (C=O) groups is 2. The molecule has 0 saturated carbocycles. The lowest BCUT2D eigenvalue weighted by Crippen LogP contribution is -2.43. The van der Waals surface area contributed by atoms with E-state index in [2.05, 4.69) is 15.5 Å². The fourth-order valence-corrected chi connectivity index (χ4v) is 4.36. The molecule has 0 spiro atoms. The predicted octanol–water partition coefficient (Wildman–Crippen LogP) is 4.58. The van der Waals surface area contributed by atoms with E-state index in [1.165, 1.54) is 0 Å². The molecule has 0 aliphatic carbocycles. The summed E-state index contributed by atoms with van der Waals surface area (Å²) in [5.41, 5.74) is 3.17. The van der Waals surface area contributed by atoms with E-state index in [0.717, 1.165) is 21.9 Å². The van der Waals surface area contributed by atoms with Gasteiger partial charge in [0.2, 0.25) is 0 Å². The summed E-state index contributed by atoms with van der Waals surface area (Å²) in [6, 6.07) is 19.4. The number of fused-ring (bicyclic) bond motifs is 1. The smallest absolute Gasteiger partial charge is 0.328 e.